The summed E-state index contributed by atoms with van der Waals surface area (Å²) in [7, 11) is 0. The van der Waals surface area contributed by atoms with Crippen LogP contribution in [-0.4, -0.2) is 34.7 Å². The van der Waals surface area contributed by atoms with E-state index in [-0.39, 0.29) is 30.1 Å². The van der Waals surface area contributed by atoms with Gasteiger partial charge in [0.25, 0.3) is 0 Å². The highest BCUT2D eigenvalue weighted by atomic mass is 16.5. The summed E-state index contributed by atoms with van der Waals surface area (Å²) in [4.78, 5) is 24.0. The number of carbonyl (C=O) groups excluding carboxylic acids is 2. The van der Waals surface area contributed by atoms with E-state index >= 15 is 0 Å². The average molecular weight is 343 g/mol. The maximum absolute atomic E-state index is 12.6. The van der Waals surface area contributed by atoms with Crippen LogP contribution in [0.2, 0.25) is 0 Å². The van der Waals surface area contributed by atoms with E-state index in [0.29, 0.717) is 11.1 Å². The maximum atomic E-state index is 12.6. The van der Waals surface area contributed by atoms with Crippen molar-refractivity contribution in [2.45, 2.75) is 25.6 Å². The van der Waals surface area contributed by atoms with Crippen LogP contribution >= 0.6 is 0 Å². The van der Waals surface area contributed by atoms with Crippen molar-refractivity contribution in [1.29, 1.82) is 0 Å². The van der Waals surface area contributed by atoms with Gasteiger partial charge in [-0.2, -0.15) is 0 Å². The standard InChI is InChI=1S/C19H21NO5/c1-2-25-17(22)11-16(21)19(24)13-8-9-15(20)14(10-13)18(23)12-6-4-3-5-7-12/h3-10,16,19,21,24H,2,11,20H2,1H3. The van der Waals surface area contributed by atoms with E-state index in [1.54, 1.807) is 37.3 Å². The Morgan fingerprint density at radius 3 is 2.44 bits per heavy atom. The number of anilines is 1. The number of nitrogens with two attached hydrogens (primary N) is 1. The number of rotatable bonds is 7. The van der Waals surface area contributed by atoms with Gasteiger partial charge in [0.2, 0.25) is 0 Å². The molecule has 0 heterocycles. The highest BCUT2D eigenvalue weighted by Crippen LogP contribution is 2.25. The number of hydrogen-bond acceptors (Lipinski definition) is 6. The number of aliphatic hydroxyl groups excluding tert-OH is 2. The summed E-state index contributed by atoms with van der Waals surface area (Å²) in [5, 5.41) is 20.3. The third-order valence-electron chi connectivity index (χ3n) is 3.75. The summed E-state index contributed by atoms with van der Waals surface area (Å²) in [6.07, 6.45) is -3.03. The van der Waals surface area contributed by atoms with Crippen molar-refractivity contribution in [2.75, 3.05) is 12.3 Å². The number of carbonyl (C=O) groups is 2. The minimum absolute atomic E-state index is 0.194. The molecule has 25 heavy (non-hydrogen) atoms. The third kappa shape index (κ3) is 4.65. The molecule has 2 unspecified atom stereocenters. The molecule has 0 amide bonds. The monoisotopic (exact) mass is 343 g/mol. The predicted octanol–water partition coefficient (Wildman–Crippen LogP) is 1.85. The van der Waals surface area contributed by atoms with Crippen LogP contribution in [0.4, 0.5) is 5.69 Å². The second-order valence-corrected chi connectivity index (χ2v) is 5.56. The number of hydrogen-bond donors (Lipinski definition) is 3. The van der Waals surface area contributed by atoms with Crippen molar-refractivity contribution in [3.63, 3.8) is 0 Å². The summed E-state index contributed by atoms with van der Waals surface area (Å²) in [6, 6.07) is 13.1. The van der Waals surface area contributed by atoms with Gasteiger partial charge in [0.1, 0.15) is 6.10 Å². The Kier molecular flexibility index (Phi) is 6.27. The molecular weight excluding hydrogens is 322 g/mol. The summed E-state index contributed by atoms with van der Waals surface area (Å²) in [5.41, 5.74) is 7.14. The van der Waals surface area contributed by atoms with Gasteiger partial charge in [-0.1, -0.05) is 36.4 Å². The normalized spacial score (nSPS) is 13.1. The van der Waals surface area contributed by atoms with Gasteiger partial charge >= 0.3 is 5.97 Å². The van der Waals surface area contributed by atoms with Crippen LogP contribution in [0.5, 0.6) is 0 Å². The van der Waals surface area contributed by atoms with Crippen LogP contribution in [0.1, 0.15) is 40.9 Å². The summed E-state index contributed by atoms with van der Waals surface area (Å²) < 4.78 is 4.75. The topological polar surface area (TPSA) is 110 Å². The van der Waals surface area contributed by atoms with Gasteiger partial charge in [-0.25, -0.2) is 0 Å². The molecule has 0 saturated heterocycles. The van der Waals surface area contributed by atoms with Crippen LogP contribution in [0.15, 0.2) is 48.5 Å². The SMILES string of the molecule is CCOC(=O)CC(O)C(O)c1ccc(N)c(C(=O)c2ccccc2)c1. The van der Waals surface area contributed by atoms with E-state index in [0.717, 1.165) is 0 Å². The molecule has 0 aliphatic heterocycles. The van der Waals surface area contributed by atoms with E-state index in [9.17, 15) is 19.8 Å². The minimum Gasteiger partial charge on any atom is -0.466 e. The Labute approximate surface area is 145 Å². The molecular formula is C19H21NO5. The quantitative estimate of drug-likeness (QED) is 0.402. The molecule has 132 valence electrons. The molecule has 4 N–H and O–H groups in total. The lowest BCUT2D eigenvalue weighted by atomic mass is 9.95. The lowest BCUT2D eigenvalue weighted by molar-refractivity contribution is -0.147. The number of esters is 1. The Bertz CT molecular complexity index is 745. The molecule has 6 nitrogen and oxygen atoms in total. The Morgan fingerprint density at radius 2 is 1.80 bits per heavy atom. The van der Waals surface area contributed by atoms with Crippen LogP contribution in [0, 0.1) is 0 Å². The molecule has 0 aliphatic rings. The lowest BCUT2D eigenvalue weighted by Crippen LogP contribution is -2.23. The molecule has 2 aromatic carbocycles. The minimum atomic E-state index is -1.35. The van der Waals surface area contributed by atoms with Gasteiger partial charge in [-0.05, 0) is 24.6 Å². The third-order valence-corrected chi connectivity index (χ3v) is 3.75. The van der Waals surface area contributed by atoms with E-state index in [1.807, 2.05) is 0 Å². The van der Waals surface area contributed by atoms with Gasteiger partial charge < -0.3 is 20.7 Å². The highest BCUT2D eigenvalue weighted by molar-refractivity contribution is 6.12. The molecule has 0 fully saturated rings. The first-order chi connectivity index (χ1) is 11.9. The fraction of sp³-hybridized carbons (Fsp3) is 0.263. The zero-order chi connectivity index (χ0) is 18.4. The zero-order valence-corrected chi connectivity index (χ0v) is 13.9. The first-order valence-corrected chi connectivity index (χ1v) is 7.95. The Hall–Kier alpha value is -2.70. The molecule has 0 radical (unpaired) electrons. The molecule has 2 rings (SSSR count). The molecule has 0 spiro atoms. The van der Waals surface area contributed by atoms with Gasteiger partial charge in [0.05, 0.1) is 19.1 Å². The average Bonchev–Trinajstić information content (AvgIpc) is 2.61. The summed E-state index contributed by atoms with van der Waals surface area (Å²) in [6.45, 7) is 1.85. The second kappa shape index (κ2) is 8.41. The summed E-state index contributed by atoms with van der Waals surface area (Å²) in [5.74, 6) is -0.892. The van der Waals surface area contributed by atoms with Crippen LogP contribution in [0.3, 0.4) is 0 Å². The number of benzene rings is 2. The van der Waals surface area contributed by atoms with E-state index in [1.165, 1.54) is 18.2 Å². The molecule has 2 atom stereocenters. The summed E-state index contributed by atoms with van der Waals surface area (Å²) >= 11 is 0. The van der Waals surface area contributed by atoms with Crippen LogP contribution in [0.25, 0.3) is 0 Å². The van der Waals surface area contributed by atoms with Gasteiger partial charge in [0.15, 0.2) is 5.78 Å². The lowest BCUT2D eigenvalue weighted by Gasteiger charge is -2.18. The first kappa shape index (κ1) is 18.6. The Balaban J connectivity index is 2.23. The van der Waals surface area contributed by atoms with Crippen LogP contribution in [-0.2, 0) is 9.53 Å². The van der Waals surface area contributed by atoms with Crippen molar-refractivity contribution < 1.29 is 24.5 Å². The van der Waals surface area contributed by atoms with Crippen molar-refractivity contribution in [2.24, 2.45) is 0 Å². The molecule has 0 aromatic heterocycles. The number of ether oxygens (including phenoxy) is 1. The van der Waals surface area contributed by atoms with Gasteiger partial charge in [-0.15, -0.1) is 0 Å². The Morgan fingerprint density at radius 1 is 1.12 bits per heavy atom. The molecule has 0 saturated carbocycles. The number of ketones is 1. The molecule has 0 bridgehead atoms. The highest BCUT2D eigenvalue weighted by Gasteiger charge is 2.24. The first-order valence-electron chi connectivity index (χ1n) is 7.95. The maximum Gasteiger partial charge on any atom is 0.308 e. The van der Waals surface area contributed by atoms with Gasteiger partial charge in [0, 0.05) is 16.8 Å². The van der Waals surface area contributed by atoms with E-state index in [4.69, 9.17) is 10.5 Å². The predicted molar refractivity (Wildman–Crippen MR) is 92.9 cm³/mol. The van der Waals surface area contributed by atoms with Gasteiger partial charge in [-0.3, -0.25) is 9.59 Å². The number of nitrogen functional groups attached to an aromatic ring is 1. The molecule has 0 aliphatic carbocycles. The fourth-order valence-electron chi connectivity index (χ4n) is 2.42. The van der Waals surface area contributed by atoms with Crippen molar-refractivity contribution in [3.05, 3.63) is 65.2 Å². The number of aliphatic hydroxyl groups is 2. The largest absolute Gasteiger partial charge is 0.466 e. The fourth-order valence-corrected chi connectivity index (χ4v) is 2.42. The van der Waals surface area contributed by atoms with E-state index in [2.05, 4.69) is 0 Å². The molecule has 2 aromatic rings. The zero-order valence-electron chi connectivity index (χ0n) is 13.9. The van der Waals surface area contributed by atoms with Crippen molar-refractivity contribution in [3.8, 4) is 0 Å². The van der Waals surface area contributed by atoms with Crippen molar-refractivity contribution >= 4 is 17.4 Å². The van der Waals surface area contributed by atoms with Crippen molar-refractivity contribution in [1.82, 2.24) is 0 Å². The van der Waals surface area contributed by atoms with E-state index < -0.39 is 18.2 Å². The van der Waals surface area contributed by atoms with Crippen LogP contribution < -0.4 is 5.73 Å². The second-order valence-electron chi connectivity index (χ2n) is 5.56. The molecule has 6 heteroatoms. The smallest absolute Gasteiger partial charge is 0.308 e.